The second kappa shape index (κ2) is 5.60. The van der Waals surface area contributed by atoms with E-state index in [-0.39, 0.29) is 5.91 Å². The molecule has 0 aromatic heterocycles. The molecule has 0 saturated carbocycles. The molecule has 0 radical (unpaired) electrons. The summed E-state index contributed by atoms with van der Waals surface area (Å²) < 4.78 is 0. The van der Waals surface area contributed by atoms with Crippen LogP contribution in [-0.4, -0.2) is 19.5 Å². The summed E-state index contributed by atoms with van der Waals surface area (Å²) in [7, 11) is 1.82. The summed E-state index contributed by atoms with van der Waals surface area (Å²) >= 11 is 0. The number of amides is 1. The van der Waals surface area contributed by atoms with Gasteiger partial charge in [-0.1, -0.05) is 25.1 Å². The predicted molar refractivity (Wildman–Crippen MR) is 87.2 cm³/mol. The minimum absolute atomic E-state index is 0.0238. The van der Waals surface area contributed by atoms with Gasteiger partial charge < -0.3 is 10.2 Å². The van der Waals surface area contributed by atoms with E-state index in [1.54, 1.807) is 4.90 Å². The van der Waals surface area contributed by atoms with Gasteiger partial charge in [-0.15, -0.1) is 0 Å². The minimum atomic E-state index is 0.0238. The first-order valence-electron chi connectivity index (χ1n) is 7.43. The highest BCUT2D eigenvalue weighted by Gasteiger charge is 2.17. The lowest BCUT2D eigenvalue weighted by atomic mass is 10.1. The molecule has 0 fully saturated rings. The molecule has 108 valence electrons. The molecule has 0 saturated heterocycles. The average molecular weight is 280 g/mol. The van der Waals surface area contributed by atoms with Gasteiger partial charge >= 0.3 is 0 Å². The maximum Gasteiger partial charge on any atom is 0.258 e. The normalized spacial score (nSPS) is 12.7. The van der Waals surface area contributed by atoms with Crippen molar-refractivity contribution in [3.63, 3.8) is 0 Å². The summed E-state index contributed by atoms with van der Waals surface area (Å²) in [4.78, 5) is 14.3. The molecule has 0 bridgehead atoms. The Morgan fingerprint density at radius 1 is 1.19 bits per heavy atom. The Balaban J connectivity index is 1.83. The third kappa shape index (κ3) is 2.64. The molecular formula is C18H20N2O. The smallest absolute Gasteiger partial charge is 0.258 e. The van der Waals surface area contributed by atoms with Gasteiger partial charge in [-0.05, 0) is 48.2 Å². The van der Waals surface area contributed by atoms with Crippen molar-refractivity contribution < 1.29 is 4.79 Å². The van der Waals surface area contributed by atoms with Crippen LogP contribution in [0.2, 0.25) is 0 Å². The van der Waals surface area contributed by atoms with Gasteiger partial charge in [0, 0.05) is 30.5 Å². The molecule has 0 unspecified atom stereocenters. The monoisotopic (exact) mass is 280 g/mol. The fourth-order valence-electron chi connectivity index (χ4n) is 2.69. The minimum Gasteiger partial charge on any atom is -0.384 e. The summed E-state index contributed by atoms with van der Waals surface area (Å²) in [5.41, 5.74) is 5.31. The van der Waals surface area contributed by atoms with Crippen molar-refractivity contribution in [2.45, 2.75) is 19.8 Å². The van der Waals surface area contributed by atoms with Crippen molar-refractivity contribution in [3.05, 3.63) is 59.2 Å². The zero-order chi connectivity index (χ0) is 14.8. The van der Waals surface area contributed by atoms with Gasteiger partial charge in [0.2, 0.25) is 0 Å². The first-order valence-corrected chi connectivity index (χ1v) is 7.43. The number of nitrogens with one attached hydrogen (secondary N) is 1. The number of carbonyl (C=O) groups is 1. The van der Waals surface area contributed by atoms with E-state index in [0.717, 1.165) is 36.3 Å². The van der Waals surface area contributed by atoms with E-state index >= 15 is 0 Å². The quantitative estimate of drug-likeness (QED) is 0.933. The Bertz CT molecular complexity index is 661. The summed E-state index contributed by atoms with van der Waals surface area (Å²) in [5.74, 6) is 0.0238. The van der Waals surface area contributed by atoms with Crippen molar-refractivity contribution in [2.24, 2.45) is 0 Å². The van der Waals surface area contributed by atoms with Gasteiger partial charge in [-0.2, -0.15) is 0 Å². The molecule has 0 atom stereocenters. The predicted octanol–water partition coefficient (Wildman–Crippen LogP) is 3.49. The molecule has 0 spiro atoms. The molecule has 3 heteroatoms. The fourth-order valence-corrected chi connectivity index (χ4v) is 2.69. The maximum absolute atomic E-state index is 12.6. The largest absolute Gasteiger partial charge is 0.384 e. The Morgan fingerprint density at radius 2 is 1.95 bits per heavy atom. The van der Waals surface area contributed by atoms with Gasteiger partial charge in [0.1, 0.15) is 0 Å². The lowest BCUT2D eigenvalue weighted by Gasteiger charge is -2.18. The second-order valence-corrected chi connectivity index (χ2v) is 5.43. The molecule has 3 rings (SSSR count). The van der Waals surface area contributed by atoms with E-state index in [1.165, 1.54) is 11.1 Å². The van der Waals surface area contributed by atoms with Crippen molar-refractivity contribution in [1.29, 1.82) is 0 Å². The van der Waals surface area contributed by atoms with Crippen LogP contribution in [-0.2, 0) is 12.8 Å². The van der Waals surface area contributed by atoms with Crippen molar-refractivity contribution in [2.75, 3.05) is 23.8 Å². The summed E-state index contributed by atoms with van der Waals surface area (Å²) in [6.07, 6.45) is 2.05. The van der Waals surface area contributed by atoms with E-state index in [2.05, 4.69) is 30.4 Å². The zero-order valence-corrected chi connectivity index (χ0v) is 12.5. The Kier molecular flexibility index (Phi) is 3.65. The molecule has 2 aromatic carbocycles. The summed E-state index contributed by atoms with van der Waals surface area (Å²) in [6, 6.07) is 14.1. The van der Waals surface area contributed by atoms with Crippen LogP contribution < -0.4 is 10.2 Å². The van der Waals surface area contributed by atoms with Gasteiger partial charge in [0.05, 0.1) is 0 Å². The summed E-state index contributed by atoms with van der Waals surface area (Å²) in [5, 5.41) is 3.32. The van der Waals surface area contributed by atoms with Crippen LogP contribution in [0.3, 0.4) is 0 Å². The van der Waals surface area contributed by atoms with Crippen LogP contribution in [0.25, 0.3) is 0 Å². The van der Waals surface area contributed by atoms with Crippen molar-refractivity contribution in [3.8, 4) is 0 Å². The molecule has 1 N–H and O–H groups in total. The second-order valence-electron chi connectivity index (χ2n) is 5.43. The molecule has 2 aromatic rings. The van der Waals surface area contributed by atoms with E-state index in [9.17, 15) is 4.79 Å². The molecule has 1 aliphatic heterocycles. The molecule has 3 nitrogen and oxygen atoms in total. The van der Waals surface area contributed by atoms with Gasteiger partial charge in [0.15, 0.2) is 0 Å². The van der Waals surface area contributed by atoms with Crippen molar-refractivity contribution in [1.82, 2.24) is 0 Å². The highest BCUT2D eigenvalue weighted by atomic mass is 16.2. The van der Waals surface area contributed by atoms with Gasteiger partial charge in [-0.3, -0.25) is 4.79 Å². The highest BCUT2D eigenvalue weighted by Crippen LogP contribution is 2.25. The first-order chi connectivity index (χ1) is 10.2. The highest BCUT2D eigenvalue weighted by molar-refractivity contribution is 6.06. The average Bonchev–Trinajstić information content (AvgIpc) is 3.01. The molecule has 0 aliphatic carbocycles. The topological polar surface area (TPSA) is 32.3 Å². The van der Waals surface area contributed by atoms with E-state index in [1.807, 2.05) is 31.3 Å². The van der Waals surface area contributed by atoms with Crippen LogP contribution in [0.4, 0.5) is 11.4 Å². The fraction of sp³-hybridized carbons (Fsp3) is 0.278. The molecular weight excluding hydrogens is 260 g/mol. The number of anilines is 2. The number of nitrogens with zero attached hydrogens (tertiary/aromatic N) is 1. The lowest BCUT2D eigenvalue weighted by molar-refractivity contribution is 0.0993. The molecule has 1 amide bonds. The van der Waals surface area contributed by atoms with Crippen LogP contribution in [0.5, 0.6) is 0 Å². The Hall–Kier alpha value is -2.29. The molecule has 1 aliphatic rings. The Morgan fingerprint density at radius 3 is 2.67 bits per heavy atom. The van der Waals surface area contributed by atoms with Crippen LogP contribution >= 0.6 is 0 Å². The maximum atomic E-state index is 12.6. The van der Waals surface area contributed by atoms with Crippen LogP contribution in [0.1, 0.15) is 28.4 Å². The number of benzene rings is 2. The van der Waals surface area contributed by atoms with E-state index < -0.39 is 0 Å². The number of aryl methyl sites for hydroxylation is 1. The molecule has 1 heterocycles. The third-order valence-electron chi connectivity index (χ3n) is 4.10. The van der Waals surface area contributed by atoms with E-state index in [4.69, 9.17) is 0 Å². The number of hydrogen-bond acceptors (Lipinski definition) is 2. The van der Waals surface area contributed by atoms with Gasteiger partial charge in [-0.25, -0.2) is 0 Å². The number of fused-ring (bicyclic) bond motifs is 1. The SMILES string of the molecule is CCc1ccc(N(C)C(=O)c2ccc3c(c2)NCC3)cc1. The van der Waals surface area contributed by atoms with E-state index in [0.29, 0.717) is 0 Å². The third-order valence-corrected chi connectivity index (χ3v) is 4.10. The van der Waals surface area contributed by atoms with Gasteiger partial charge in [0.25, 0.3) is 5.91 Å². The van der Waals surface area contributed by atoms with Crippen LogP contribution in [0.15, 0.2) is 42.5 Å². The zero-order valence-electron chi connectivity index (χ0n) is 12.5. The lowest BCUT2D eigenvalue weighted by Crippen LogP contribution is -2.26. The standard InChI is InChI=1S/C18H20N2O/c1-3-13-4-8-16(9-5-13)20(2)18(21)15-7-6-14-10-11-19-17(14)12-15/h4-9,12,19H,3,10-11H2,1-2H3. The number of hydrogen-bond donors (Lipinski definition) is 1. The summed E-state index contributed by atoms with van der Waals surface area (Å²) in [6.45, 7) is 3.09. The number of rotatable bonds is 3. The Labute approximate surface area is 125 Å². The number of carbonyl (C=O) groups excluding carboxylic acids is 1. The molecule has 21 heavy (non-hydrogen) atoms. The van der Waals surface area contributed by atoms with Crippen LogP contribution in [0, 0.1) is 0 Å². The van der Waals surface area contributed by atoms with Crippen molar-refractivity contribution >= 4 is 17.3 Å². The first kappa shape index (κ1) is 13.7.